The number of aryl methyl sites for hydroxylation is 1. The number of aromatic nitrogens is 3. The van der Waals surface area contributed by atoms with Crippen LogP contribution in [-0.4, -0.2) is 26.0 Å². The maximum Gasteiger partial charge on any atom is 0.160 e. The van der Waals surface area contributed by atoms with Gasteiger partial charge in [0.15, 0.2) is 5.65 Å². The van der Waals surface area contributed by atoms with E-state index in [4.69, 9.17) is 16.6 Å². The minimum Gasteiger partial charge on any atom is -0.307 e. The maximum atomic E-state index is 6.38. The van der Waals surface area contributed by atoms with E-state index in [-0.39, 0.29) is 5.38 Å². The molecule has 0 saturated heterocycles. The molecule has 2 aromatic rings. The number of hydrogen-bond donors (Lipinski definition) is 0. The molecule has 108 valence electrons. The molecule has 0 aromatic carbocycles. The monoisotopic (exact) mass is 309 g/mol. The summed E-state index contributed by atoms with van der Waals surface area (Å²) in [5.74, 6) is 0.967. The van der Waals surface area contributed by atoms with Crippen molar-refractivity contribution in [2.45, 2.75) is 49.8 Å². The van der Waals surface area contributed by atoms with E-state index in [0.717, 1.165) is 17.0 Å². The summed E-state index contributed by atoms with van der Waals surface area (Å²) in [5.41, 5.74) is 3.17. The molecule has 3 nitrogen and oxygen atoms in total. The summed E-state index contributed by atoms with van der Waals surface area (Å²) < 4.78 is 2.31. The van der Waals surface area contributed by atoms with E-state index in [1.807, 2.05) is 30.9 Å². The van der Waals surface area contributed by atoms with Crippen LogP contribution in [0.1, 0.15) is 49.0 Å². The van der Waals surface area contributed by atoms with Gasteiger partial charge in [-0.1, -0.05) is 6.42 Å². The van der Waals surface area contributed by atoms with Crippen molar-refractivity contribution in [1.29, 1.82) is 0 Å². The molecule has 0 aliphatic heterocycles. The summed E-state index contributed by atoms with van der Waals surface area (Å²) in [4.78, 5) is 9.38. The molecule has 0 N–H and O–H groups in total. The van der Waals surface area contributed by atoms with E-state index in [1.165, 1.54) is 24.8 Å². The molecule has 3 unspecified atom stereocenters. The summed E-state index contributed by atoms with van der Waals surface area (Å²) in [5, 5.41) is 0.551. The quantitative estimate of drug-likeness (QED) is 0.782. The van der Waals surface area contributed by atoms with Crippen molar-refractivity contribution in [3.05, 3.63) is 23.7 Å². The Kier molecular flexibility index (Phi) is 3.95. The maximum absolute atomic E-state index is 6.38. The first-order valence-corrected chi connectivity index (χ1v) is 8.86. The fourth-order valence-electron chi connectivity index (χ4n) is 3.21. The molecule has 1 saturated carbocycles. The van der Waals surface area contributed by atoms with Crippen LogP contribution in [0, 0.1) is 6.92 Å². The van der Waals surface area contributed by atoms with Crippen LogP contribution in [0.4, 0.5) is 0 Å². The van der Waals surface area contributed by atoms with Crippen LogP contribution in [0.25, 0.3) is 11.2 Å². The number of rotatable bonds is 3. The SMILES string of the molecule is CSC1CCCC1n1c(C(C)Cl)nc2c(C)ccnc21. The molecule has 3 rings (SSSR count). The van der Waals surface area contributed by atoms with Gasteiger partial charge in [-0.3, -0.25) is 0 Å². The first-order chi connectivity index (χ1) is 9.63. The molecule has 0 spiro atoms. The van der Waals surface area contributed by atoms with Crippen LogP contribution < -0.4 is 0 Å². The zero-order chi connectivity index (χ0) is 14.3. The Morgan fingerprint density at radius 1 is 1.45 bits per heavy atom. The standard InChI is InChI=1S/C15H20ClN3S/c1-9-7-8-17-15-13(9)18-14(10(2)16)19(15)11-5-4-6-12(11)20-3/h7-8,10-12H,4-6H2,1-3H3. The predicted molar refractivity (Wildman–Crippen MR) is 86.7 cm³/mol. The van der Waals surface area contributed by atoms with Gasteiger partial charge in [0.1, 0.15) is 11.3 Å². The predicted octanol–water partition coefficient (Wildman–Crippen LogP) is 4.50. The van der Waals surface area contributed by atoms with Crippen molar-refractivity contribution in [1.82, 2.24) is 14.5 Å². The number of hydrogen-bond acceptors (Lipinski definition) is 3. The number of fused-ring (bicyclic) bond motifs is 1. The Bertz CT molecular complexity index is 623. The van der Waals surface area contributed by atoms with Gasteiger partial charge >= 0.3 is 0 Å². The van der Waals surface area contributed by atoms with E-state index in [9.17, 15) is 0 Å². The molecule has 1 fully saturated rings. The highest BCUT2D eigenvalue weighted by Crippen LogP contribution is 2.41. The number of alkyl halides is 1. The summed E-state index contributed by atoms with van der Waals surface area (Å²) in [6, 6.07) is 2.49. The molecule has 0 amide bonds. The number of nitrogens with zero attached hydrogens (tertiary/aromatic N) is 3. The smallest absolute Gasteiger partial charge is 0.160 e. The van der Waals surface area contributed by atoms with Crippen LogP contribution in [0.15, 0.2) is 12.3 Å². The number of thioether (sulfide) groups is 1. The van der Waals surface area contributed by atoms with Gasteiger partial charge in [-0.25, -0.2) is 9.97 Å². The zero-order valence-electron chi connectivity index (χ0n) is 12.1. The highest BCUT2D eigenvalue weighted by Gasteiger charge is 2.32. The average Bonchev–Trinajstić information content (AvgIpc) is 3.01. The van der Waals surface area contributed by atoms with E-state index < -0.39 is 0 Å². The summed E-state index contributed by atoms with van der Waals surface area (Å²) in [6.45, 7) is 4.09. The topological polar surface area (TPSA) is 30.7 Å². The lowest BCUT2D eigenvalue weighted by atomic mass is 10.2. The summed E-state index contributed by atoms with van der Waals surface area (Å²) >= 11 is 8.34. The third-order valence-electron chi connectivity index (χ3n) is 4.22. The van der Waals surface area contributed by atoms with Crippen LogP contribution in [0.3, 0.4) is 0 Å². The van der Waals surface area contributed by atoms with E-state index in [2.05, 4.69) is 22.7 Å². The largest absolute Gasteiger partial charge is 0.307 e. The van der Waals surface area contributed by atoms with Gasteiger partial charge in [0.25, 0.3) is 0 Å². The lowest BCUT2D eigenvalue weighted by Gasteiger charge is -2.22. The molecule has 3 atom stereocenters. The normalized spacial score (nSPS) is 24.4. The van der Waals surface area contributed by atoms with E-state index in [0.29, 0.717) is 11.3 Å². The summed E-state index contributed by atoms with van der Waals surface area (Å²) in [7, 11) is 0. The van der Waals surface area contributed by atoms with E-state index >= 15 is 0 Å². The number of imidazole rings is 1. The highest BCUT2D eigenvalue weighted by atomic mass is 35.5. The Morgan fingerprint density at radius 2 is 2.25 bits per heavy atom. The van der Waals surface area contributed by atoms with Gasteiger partial charge in [-0.2, -0.15) is 11.8 Å². The van der Waals surface area contributed by atoms with Crippen LogP contribution >= 0.6 is 23.4 Å². The Balaban J connectivity index is 2.21. The fourth-order valence-corrected chi connectivity index (χ4v) is 4.34. The molecular weight excluding hydrogens is 290 g/mol. The molecule has 0 radical (unpaired) electrons. The van der Waals surface area contributed by atoms with Gasteiger partial charge in [-0.05, 0) is 44.6 Å². The Hall–Kier alpha value is -0.740. The lowest BCUT2D eigenvalue weighted by molar-refractivity contribution is 0.516. The molecular formula is C15H20ClN3S. The number of pyridine rings is 1. The second kappa shape index (κ2) is 5.57. The van der Waals surface area contributed by atoms with Crippen molar-refractivity contribution in [3.8, 4) is 0 Å². The van der Waals surface area contributed by atoms with Crippen molar-refractivity contribution in [3.63, 3.8) is 0 Å². The second-order valence-electron chi connectivity index (χ2n) is 5.53. The lowest BCUT2D eigenvalue weighted by Crippen LogP contribution is -2.18. The van der Waals surface area contributed by atoms with Crippen LogP contribution in [0.5, 0.6) is 0 Å². The van der Waals surface area contributed by atoms with Gasteiger partial charge in [0.05, 0.1) is 5.38 Å². The Labute approximate surface area is 129 Å². The molecule has 2 heterocycles. The van der Waals surface area contributed by atoms with Crippen molar-refractivity contribution < 1.29 is 0 Å². The van der Waals surface area contributed by atoms with Crippen LogP contribution in [-0.2, 0) is 0 Å². The average molecular weight is 310 g/mol. The minimum atomic E-state index is -0.0910. The van der Waals surface area contributed by atoms with E-state index in [1.54, 1.807) is 0 Å². The van der Waals surface area contributed by atoms with Gasteiger partial charge in [0, 0.05) is 17.5 Å². The van der Waals surface area contributed by atoms with Gasteiger partial charge in [-0.15, -0.1) is 11.6 Å². The fraction of sp³-hybridized carbons (Fsp3) is 0.600. The first-order valence-electron chi connectivity index (χ1n) is 7.13. The molecule has 20 heavy (non-hydrogen) atoms. The molecule has 1 aliphatic carbocycles. The van der Waals surface area contributed by atoms with Crippen LogP contribution in [0.2, 0.25) is 0 Å². The third kappa shape index (κ3) is 2.23. The van der Waals surface area contributed by atoms with Crippen molar-refractivity contribution >= 4 is 34.5 Å². The minimum absolute atomic E-state index is 0.0910. The zero-order valence-corrected chi connectivity index (χ0v) is 13.7. The molecule has 1 aliphatic rings. The first kappa shape index (κ1) is 14.2. The third-order valence-corrected chi connectivity index (χ3v) is 5.57. The van der Waals surface area contributed by atoms with Crippen molar-refractivity contribution in [2.24, 2.45) is 0 Å². The summed E-state index contributed by atoms with van der Waals surface area (Å²) in [6.07, 6.45) is 7.82. The van der Waals surface area contributed by atoms with Gasteiger partial charge < -0.3 is 4.57 Å². The molecule has 0 bridgehead atoms. The van der Waals surface area contributed by atoms with Gasteiger partial charge in [0.2, 0.25) is 0 Å². The second-order valence-corrected chi connectivity index (χ2v) is 7.26. The van der Waals surface area contributed by atoms with Crippen molar-refractivity contribution in [2.75, 3.05) is 6.26 Å². The number of halogens is 1. The molecule has 2 aromatic heterocycles. The highest BCUT2D eigenvalue weighted by molar-refractivity contribution is 7.99. The molecule has 5 heteroatoms. The Morgan fingerprint density at radius 3 is 2.95 bits per heavy atom.